The quantitative estimate of drug-likeness (QED) is 0.602. The zero-order chi connectivity index (χ0) is 20.2. The lowest BCUT2D eigenvalue weighted by Crippen LogP contribution is -2.36. The summed E-state index contributed by atoms with van der Waals surface area (Å²) in [5, 5.41) is 9.44. The first-order valence-electron chi connectivity index (χ1n) is 10.6. The number of carbonyl (C=O) groups is 1. The van der Waals surface area contributed by atoms with Crippen LogP contribution in [0, 0.1) is 0 Å². The predicted molar refractivity (Wildman–Crippen MR) is 117 cm³/mol. The fourth-order valence-electron chi connectivity index (χ4n) is 4.14. The SMILES string of the molecule is CCc1nn(CC(=O)NCCCN2CCCCCC2)c(=O)c2cc3sccc3n12. The van der Waals surface area contributed by atoms with Crippen LogP contribution in [-0.2, 0) is 17.8 Å². The van der Waals surface area contributed by atoms with Gasteiger partial charge in [-0.15, -0.1) is 11.3 Å². The second-order valence-corrected chi connectivity index (χ2v) is 8.67. The predicted octanol–water partition coefficient (Wildman–Crippen LogP) is 2.66. The lowest BCUT2D eigenvalue weighted by molar-refractivity contribution is -0.121. The number of amides is 1. The van der Waals surface area contributed by atoms with Crippen LogP contribution >= 0.6 is 11.3 Å². The zero-order valence-corrected chi connectivity index (χ0v) is 17.8. The molecule has 1 amide bonds. The first-order chi connectivity index (χ1) is 14.2. The molecule has 1 N–H and O–H groups in total. The first-order valence-corrected chi connectivity index (χ1v) is 11.5. The van der Waals surface area contributed by atoms with E-state index in [0.29, 0.717) is 18.5 Å². The van der Waals surface area contributed by atoms with Crippen LogP contribution in [0.2, 0.25) is 0 Å². The van der Waals surface area contributed by atoms with Gasteiger partial charge in [0.2, 0.25) is 5.91 Å². The molecule has 0 saturated carbocycles. The van der Waals surface area contributed by atoms with Crippen molar-refractivity contribution in [1.82, 2.24) is 24.4 Å². The molecule has 0 bridgehead atoms. The van der Waals surface area contributed by atoms with Crippen LogP contribution < -0.4 is 10.9 Å². The van der Waals surface area contributed by atoms with Gasteiger partial charge in [0.1, 0.15) is 17.9 Å². The van der Waals surface area contributed by atoms with Gasteiger partial charge in [-0.05, 0) is 56.4 Å². The molecule has 1 aliphatic heterocycles. The number of thiophene rings is 1. The van der Waals surface area contributed by atoms with Crippen molar-refractivity contribution < 1.29 is 4.79 Å². The van der Waals surface area contributed by atoms with E-state index in [0.717, 1.165) is 29.0 Å². The Morgan fingerprint density at radius 1 is 1.21 bits per heavy atom. The molecule has 0 spiro atoms. The minimum Gasteiger partial charge on any atom is -0.354 e. The largest absolute Gasteiger partial charge is 0.354 e. The number of fused-ring (bicyclic) bond motifs is 3. The average molecular weight is 416 g/mol. The number of carbonyl (C=O) groups excluding carboxylic acids is 1. The summed E-state index contributed by atoms with van der Waals surface area (Å²) in [6.45, 7) is 5.96. The van der Waals surface area contributed by atoms with E-state index in [9.17, 15) is 9.59 Å². The Hall–Kier alpha value is -2.19. The number of nitrogens with zero attached hydrogens (tertiary/aromatic N) is 4. The van der Waals surface area contributed by atoms with Crippen molar-refractivity contribution in [2.75, 3.05) is 26.2 Å². The maximum atomic E-state index is 12.9. The summed E-state index contributed by atoms with van der Waals surface area (Å²) in [4.78, 5) is 27.8. The van der Waals surface area contributed by atoms with Gasteiger partial charge in [0.15, 0.2) is 0 Å². The van der Waals surface area contributed by atoms with Gasteiger partial charge in [0.25, 0.3) is 5.56 Å². The molecule has 0 atom stereocenters. The van der Waals surface area contributed by atoms with Gasteiger partial charge >= 0.3 is 0 Å². The molecular weight excluding hydrogens is 386 g/mol. The van der Waals surface area contributed by atoms with Crippen molar-refractivity contribution in [1.29, 1.82) is 0 Å². The number of likely N-dealkylation sites (tertiary alicyclic amines) is 1. The molecule has 4 rings (SSSR count). The molecule has 1 aliphatic rings. The van der Waals surface area contributed by atoms with Crippen LogP contribution in [0.15, 0.2) is 22.3 Å². The van der Waals surface area contributed by atoms with Gasteiger partial charge in [-0.2, -0.15) is 5.10 Å². The fraction of sp³-hybridized carbons (Fsp3) is 0.571. The summed E-state index contributed by atoms with van der Waals surface area (Å²) in [5.74, 6) is 0.636. The summed E-state index contributed by atoms with van der Waals surface area (Å²) in [7, 11) is 0. The third-order valence-electron chi connectivity index (χ3n) is 5.65. The maximum absolute atomic E-state index is 12.9. The topological polar surface area (TPSA) is 71.6 Å². The normalized spacial score (nSPS) is 15.8. The molecule has 0 radical (unpaired) electrons. The number of aromatic nitrogens is 3. The molecule has 1 saturated heterocycles. The molecule has 4 heterocycles. The Labute approximate surface area is 174 Å². The summed E-state index contributed by atoms with van der Waals surface area (Å²) < 4.78 is 4.29. The van der Waals surface area contributed by atoms with Crippen LogP contribution in [0.4, 0.5) is 0 Å². The summed E-state index contributed by atoms with van der Waals surface area (Å²) in [6, 6.07) is 3.91. The molecule has 7 nitrogen and oxygen atoms in total. The molecule has 0 aromatic carbocycles. The smallest absolute Gasteiger partial charge is 0.291 e. The van der Waals surface area contributed by atoms with E-state index in [1.807, 2.05) is 28.8 Å². The average Bonchev–Trinajstić information content (AvgIpc) is 3.21. The van der Waals surface area contributed by atoms with E-state index in [2.05, 4.69) is 15.3 Å². The van der Waals surface area contributed by atoms with Gasteiger partial charge in [-0.1, -0.05) is 19.8 Å². The van der Waals surface area contributed by atoms with Gasteiger partial charge in [-0.25, -0.2) is 4.68 Å². The Bertz CT molecular complexity index is 1040. The first kappa shape index (κ1) is 20.1. The molecular formula is C21H29N5O2S. The van der Waals surface area contributed by atoms with E-state index in [1.54, 1.807) is 11.3 Å². The molecule has 156 valence electrons. The Kier molecular flexibility index (Phi) is 6.30. The lowest BCUT2D eigenvalue weighted by Gasteiger charge is -2.19. The van der Waals surface area contributed by atoms with Gasteiger partial charge in [-0.3, -0.25) is 14.0 Å². The third kappa shape index (κ3) is 4.38. The van der Waals surface area contributed by atoms with Crippen molar-refractivity contribution in [3.05, 3.63) is 33.7 Å². The number of hydrogen-bond acceptors (Lipinski definition) is 5. The zero-order valence-electron chi connectivity index (χ0n) is 17.0. The highest BCUT2D eigenvalue weighted by atomic mass is 32.1. The second kappa shape index (κ2) is 9.09. The van der Waals surface area contributed by atoms with E-state index in [1.165, 1.54) is 43.5 Å². The maximum Gasteiger partial charge on any atom is 0.291 e. The molecule has 1 fully saturated rings. The van der Waals surface area contributed by atoms with Crippen molar-refractivity contribution >= 4 is 33.0 Å². The molecule has 3 aromatic rings. The third-order valence-corrected chi connectivity index (χ3v) is 6.51. The van der Waals surface area contributed by atoms with Crippen LogP contribution in [0.3, 0.4) is 0 Å². The van der Waals surface area contributed by atoms with Crippen molar-refractivity contribution in [2.24, 2.45) is 0 Å². The molecule has 29 heavy (non-hydrogen) atoms. The summed E-state index contributed by atoms with van der Waals surface area (Å²) in [6.07, 6.45) is 6.84. The molecule has 0 unspecified atom stereocenters. The molecule has 0 aliphatic carbocycles. The number of hydrogen-bond donors (Lipinski definition) is 1. The minimum absolute atomic E-state index is 0.0368. The van der Waals surface area contributed by atoms with E-state index < -0.39 is 0 Å². The second-order valence-electron chi connectivity index (χ2n) is 7.73. The van der Waals surface area contributed by atoms with Crippen LogP contribution in [-0.4, -0.2) is 51.2 Å². The van der Waals surface area contributed by atoms with Crippen molar-refractivity contribution in [3.8, 4) is 0 Å². The van der Waals surface area contributed by atoms with Crippen LogP contribution in [0.25, 0.3) is 15.7 Å². The highest BCUT2D eigenvalue weighted by Gasteiger charge is 2.16. The van der Waals surface area contributed by atoms with E-state index in [-0.39, 0.29) is 18.0 Å². The van der Waals surface area contributed by atoms with E-state index >= 15 is 0 Å². The number of nitrogens with one attached hydrogen (secondary N) is 1. The van der Waals surface area contributed by atoms with Gasteiger partial charge < -0.3 is 10.2 Å². The fourth-order valence-corrected chi connectivity index (χ4v) is 4.94. The highest BCUT2D eigenvalue weighted by molar-refractivity contribution is 7.17. The lowest BCUT2D eigenvalue weighted by atomic mass is 10.2. The summed E-state index contributed by atoms with van der Waals surface area (Å²) in [5.41, 5.74) is 1.38. The van der Waals surface area contributed by atoms with Crippen LogP contribution in [0.5, 0.6) is 0 Å². The summed E-state index contributed by atoms with van der Waals surface area (Å²) >= 11 is 1.61. The monoisotopic (exact) mass is 415 g/mol. The Morgan fingerprint density at radius 2 is 2.00 bits per heavy atom. The van der Waals surface area contributed by atoms with Crippen molar-refractivity contribution in [2.45, 2.75) is 52.0 Å². The number of rotatable bonds is 7. The van der Waals surface area contributed by atoms with Gasteiger partial charge in [0, 0.05) is 13.0 Å². The molecule has 8 heteroatoms. The Balaban J connectivity index is 1.39. The Morgan fingerprint density at radius 3 is 2.76 bits per heavy atom. The van der Waals surface area contributed by atoms with Crippen molar-refractivity contribution in [3.63, 3.8) is 0 Å². The molecule has 3 aromatic heterocycles. The number of aryl methyl sites for hydroxylation is 1. The van der Waals surface area contributed by atoms with E-state index in [4.69, 9.17) is 0 Å². The highest BCUT2D eigenvalue weighted by Crippen LogP contribution is 2.24. The van der Waals surface area contributed by atoms with Crippen LogP contribution in [0.1, 0.15) is 44.9 Å². The minimum atomic E-state index is -0.217. The van der Waals surface area contributed by atoms with Gasteiger partial charge in [0.05, 0.1) is 10.2 Å². The standard InChI is InChI=1S/C21H29N5O2S/c1-2-19-23-25(21(28)17-14-18-16(26(17)19)8-13-29-18)15-20(27)22-9-7-12-24-10-5-3-4-6-11-24/h8,13-14H,2-7,9-12,15H2,1H3,(H,22,27).